The summed E-state index contributed by atoms with van der Waals surface area (Å²) in [6, 6.07) is 0. The van der Waals surface area contributed by atoms with Crippen molar-refractivity contribution in [3.63, 3.8) is 0 Å². The summed E-state index contributed by atoms with van der Waals surface area (Å²) in [6.45, 7) is 4.00. The van der Waals surface area contributed by atoms with Crippen LogP contribution in [0.15, 0.2) is 0 Å². The number of rotatable bonds is 7. The number of hydrogen-bond donors (Lipinski definition) is 3. The number of hydrogen-bond acceptors (Lipinski definition) is 3. The number of unbranched alkanes of at least 4 members (excludes halogenated alkanes) is 1. The third-order valence-corrected chi connectivity index (χ3v) is 1.82. The second-order valence-corrected chi connectivity index (χ2v) is 3.98. The average molecular weight is 177 g/mol. The van der Waals surface area contributed by atoms with Gasteiger partial charge < -0.3 is 0 Å². The largest absolute Gasteiger partial charge is 0.257 e. The van der Waals surface area contributed by atoms with Gasteiger partial charge in [0, 0.05) is 6.54 Å². The highest BCUT2D eigenvalue weighted by molar-refractivity contribution is 8.11. The first-order valence-electron chi connectivity index (χ1n) is 3.92. The quantitative estimate of drug-likeness (QED) is 0.231. The molecular formula is C7H19N3S. The fourth-order valence-corrected chi connectivity index (χ4v) is 0.894. The summed E-state index contributed by atoms with van der Waals surface area (Å²) < 4.78 is 3.17. The second kappa shape index (κ2) is 8.20. The predicted molar refractivity (Wildman–Crippen MR) is 54.7 cm³/mol. The van der Waals surface area contributed by atoms with E-state index in [1.54, 1.807) is 0 Å². The molecule has 0 heterocycles. The maximum atomic E-state index is 3.82. The number of nitrogens with one attached hydrogen (secondary N) is 3. The molecule has 0 bridgehead atoms. The molecule has 0 aromatic rings. The molecule has 11 heavy (non-hydrogen) atoms. The topological polar surface area (TPSA) is 36.1 Å². The van der Waals surface area contributed by atoms with Crippen LogP contribution >= 0.6 is 10.7 Å². The molecule has 68 valence electrons. The van der Waals surface area contributed by atoms with E-state index in [1.807, 2.05) is 6.26 Å². The predicted octanol–water partition coefficient (Wildman–Crippen LogP) is 0.673. The van der Waals surface area contributed by atoms with E-state index in [0.29, 0.717) is 0 Å². The van der Waals surface area contributed by atoms with Crippen LogP contribution in [0.1, 0.15) is 19.8 Å². The molecule has 0 aliphatic carbocycles. The van der Waals surface area contributed by atoms with E-state index in [4.69, 9.17) is 0 Å². The molecule has 1 unspecified atom stereocenters. The Morgan fingerprint density at radius 3 is 2.64 bits per heavy atom. The minimum absolute atomic E-state index is 0.0747. The minimum atomic E-state index is 0.0747. The van der Waals surface area contributed by atoms with Crippen molar-refractivity contribution in [2.45, 2.75) is 19.8 Å². The second-order valence-electron chi connectivity index (χ2n) is 2.42. The zero-order chi connectivity index (χ0) is 8.53. The molecule has 0 aliphatic rings. The molecule has 0 saturated heterocycles. The normalized spacial score (nSPS) is 13.3. The van der Waals surface area contributed by atoms with Gasteiger partial charge in [0.15, 0.2) is 0 Å². The van der Waals surface area contributed by atoms with Gasteiger partial charge in [-0.3, -0.25) is 10.1 Å². The van der Waals surface area contributed by atoms with Crippen molar-refractivity contribution < 1.29 is 0 Å². The van der Waals surface area contributed by atoms with Crippen LogP contribution in [-0.4, -0.2) is 25.3 Å². The van der Waals surface area contributed by atoms with Gasteiger partial charge in [0.2, 0.25) is 0 Å². The first kappa shape index (κ1) is 11.1. The molecule has 3 N–H and O–H groups in total. The Bertz CT molecular complexity index is 106. The summed E-state index contributed by atoms with van der Waals surface area (Å²) in [6.07, 6.45) is 4.50. The summed E-state index contributed by atoms with van der Waals surface area (Å²) in [5.41, 5.74) is 6.16. The summed E-state index contributed by atoms with van der Waals surface area (Å²) in [7, 11) is 0.0747. The van der Waals surface area contributed by atoms with Crippen molar-refractivity contribution in [2.75, 3.05) is 19.5 Å². The van der Waals surface area contributed by atoms with Crippen molar-refractivity contribution in [2.24, 2.45) is 0 Å². The van der Waals surface area contributed by atoms with Crippen LogP contribution in [0.2, 0.25) is 0 Å². The van der Waals surface area contributed by atoms with Gasteiger partial charge in [0.25, 0.3) is 0 Å². The van der Waals surface area contributed by atoms with Crippen LogP contribution in [0.25, 0.3) is 0 Å². The third kappa shape index (κ3) is 10.1. The Hall–Kier alpha value is 0.1000. The van der Waals surface area contributed by atoms with Crippen LogP contribution in [0, 0.1) is 0 Å². The minimum Gasteiger partial charge on any atom is -0.257 e. The van der Waals surface area contributed by atoms with Gasteiger partial charge in [-0.2, -0.15) is 0 Å². The zero-order valence-electron chi connectivity index (χ0n) is 7.44. The Balaban J connectivity index is 2.85. The van der Waals surface area contributed by atoms with E-state index < -0.39 is 0 Å². The summed E-state index contributed by atoms with van der Waals surface area (Å²) in [5.74, 6) is 3.82. The smallest absolute Gasteiger partial charge is 0.0678 e. The lowest BCUT2D eigenvalue weighted by Crippen LogP contribution is -2.37. The monoisotopic (exact) mass is 177 g/mol. The lowest BCUT2D eigenvalue weighted by molar-refractivity contribution is 0.517. The molecule has 0 amide bonds. The lowest BCUT2D eigenvalue weighted by atomic mass is 10.3. The van der Waals surface area contributed by atoms with Gasteiger partial charge in [-0.15, -0.1) is 10.7 Å². The molecule has 0 aliphatic heterocycles. The summed E-state index contributed by atoms with van der Waals surface area (Å²) in [5, 5.41) is 0. The van der Waals surface area contributed by atoms with E-state index in [-0.39, 0.29) is 10.7 Å². The molecule has 0 saturated carbocycles. The molecular weight excluding hydrogens is 158 g/mol. The molecule has 3 nitrogen and oxygen atoms in total. The Morgan fingerprint density at radius 1 is 1.36 bits per heavy atom. The highest BCUT2D eigenvalue weighted by atomic mass is 32.2. The van der Waals surface area contributed by atoms with Gasteiger partial charge >= 0.3 is 0 Å². The molecule has 0 fully saturated rings. The molecule has 0 rings (SSSR count). The Morgan fingerprint density at radius 2 is 2.09 bits per heavy atom. The van der Waals surface area contributed by atoms with Crippen LogP contribution in [-0.2, 0) is 0 Å². The first-order valence-corrected chi connectivity index (χ1v) is 5.72. The van der Waals surface area contributed by atoms with Crippen molar-refractivity contribution in [3.05, 3.63) is 0 Å². The number of hydrazine groups is 1. The maximum absolute atomic E-state index is 3.82. The molecule has 0 aromatic carbocycles. The molecule has 0 radical (unpaired) electrons. The zero-order valence-corrected chi connectivity index (χ0v) is 8.26. The van der Waals surface area contributed by atoms with Crippen molar-refractivity contribution in [1.29, 1.82) is 0 Å². The molecule has 4 heteroatoms. The van der Waals surface area contributed by atoms with Gasteiger partial charge in [-0.1, -0.05) is 19.2 Å². The fourth-order valence-electron chi connectivity index (χ4n) is 0.575. The highest BCUT2D eigenvalue weighted by Gasteiger charge is 1.83. The SMILES string of the molecule is C=S(C)NCNNCCCC. The van der Waals surface area contributed by atoms with Crippen molar-refractivity contribution >= 4 is 16.5 Å². The van der Waals surface area contributed by atoms with E-state index in [0.717, 1.165) is 13.2 Å². The van der Waals surface area contributed by atoms with Crippen LogP contribution < -0.4 is 15.6 Å². The average Bonchev–Trinajstić information content (AvgIpc) is 1.96. The van der Waals surface area contributed by atoms with Crippen LogP contribution in [0.3, 0.4) is 0 Å². The molecule has 0 aromatic heterocycles. The van der Waals surface area contributed by atoms with E-state index in [9.17, 15) is 0 Å². The van der Waals surface area contributed by atoms with Crippen LogP contribution in [0.4, 0.5) is 0 Å². The van der Waals surface area contributed by atoms with Gasteiger partial charge in [0.1, 0.15) is 0 Å². The van der Waals surface area contributed by atoms with Crippen molar-refractivity contribution in [3.8, 4) is 0 Å². The Kier molecular flexibility index (Phi) is 8.27. The first-order chi connectivity index (χ1) is 5.27. The molecule has 1 atom stereocenters. The third-order valence-electron chi connectivity index (χ3n) is 1.19. The summed E-state index contributed by atoms with van der Waals surface area (Å²) >= 11 is 0. The Labute approximate surface area is 72.0 Å². The van der Waals surface area contributed by atoms with Gasteiger partial charge in [-0.05, 0) is 12.7 Å². The standard InChI is InChI=1S/C7H19N3S/c1-4-5-6-8-9-7-10-11(2)3/h8-10H,2,4-7H2,1,3H3. The maximum Gasteiger partial charge on any atom is 0.0678 e. The summed E-state index contributed by atoms with van der Waals surface area (Å²) in [4.78, 5) is 0. The molecule has 0 spiro atoms. The van der Waals surface area contributed by atoms with Crippen molar-refractivity contribution in [1.82, 2.24) is 15.6 Å². The van der Waals surface area contributed by atoms with E-state index in [2.05, 4.69) is 28.4 Å². The lowest BCUT2D eigenvalue weighted by Gasteiger charge is -2.07. The van der Waals surface area contributed by atoms with Crippen LogP contribution in [0.5, 0.6) is 0 Å². The van der Waals surface area contributed by atoms with E-state index >= 15 is 0 Å². The fraction of sp³-hybridized carbons (Fsp3) is 0.857. The van der Waals surface area contributed by atoms with Gasteiger partial charge in [-0.25, -0.2) is 5.43 Å². The highest BCUT2D eigenvalue weighted by Crippen LogP contribution is 1.88. The van der Waals surface area contributed by atoms with Gasteiger partial charge in [0.05, 0.1) is 6.67 Å². The van der Waals surface area contributed by atoms with E-state index in [1.165, 1.54) is 12.8 Å².